The fraction of sp³-hybridized carbons (Fsp3) is 0.409. The summed E-state index contributed by atoms with van der Waals surface area (Å²) in [7, 11) is 1.55. The molecule has 0 radical (unpaired) electrons. The van der Waals surface area contributed by atoms with Crippen LogP contribution in [-0.2, 0) is 4.79 Å². The highest BCUT2D eigenvalue weighted by Crippen LogP contribution is 2.31. The van der Waals surface area contributed by atoms with Gasteiger partial charge in [0.05, 0.1) is 5.69 Å². The monoisotopic (exact) mass is 396 g/mol. The van der Waals surface area contributed by atoms with Gasteiger partial charge in [-0.05, 0) is 69.0 Å². The summed E-state index contributed by atoms with van der Waals surface area (Å²) >= 11 is 0. The van der Waals surface area contributed by atoms with Crippen LogP contribution < -0.4 is 20.7 Å². The van der Waals surface area contributed by atoms with E-state index in [1.165, 1.54) is 6.20 Å². The quantitative estimate of drug-likeness (QED) is 0.668. The fourth-order valence-electron chi connectivity index (χ4n) is 3.39. The molecule has 3 rings (SSSR count). The molecular formula is C22H28N4O3. The Morgan fingerprint density at radius 3 is 2.76 bits per heavy atom. The van der Waals surface area contributed by atoms with E-state index in [2.05, 4.69) is 20.9 Å². The van der Waals surface area contributed by atoms with Crippen molar-refractivity contribution in [2.75, 3.05) is 25.5 Å². The van der Waals surface area contributed by atoms with Crippen molar-refractivity contribution in [1.29, 1.82) is 0 Å². The number of rotatable bonds is 7. The minimum Gasteiger partial charge on any atom is -0.455 e. The number of carbonyl (C=O) groups is 2. The van der Waals surface area contributed by atoms with Gasteiger partial charge in [0.2, 0.25) is 5.91 Å². The van der Waals surface area contributed by atoms with Crippen LogP contribution in [-0.4, -0.2) is 36.9 Å². The van der Waals surface area contributed by atoms with Crippen molar-refractivity contribution in [1.82, 2.24) is 15.6 Å². The van der Waals surface area contributed by atoms with Gasteiger partial charge in [-0.2, -0.15) is 0 Å². The molecule has 154 valence electrons. The van der Waals surface area contributed by atoms with Crippen molar-refractivity contribution < 1.29 is 14.3 Å². The van der Waals surface area contributed by atoms with Crippen LogP contribution in [0, 0.1) is 12.8 Å². The van der Waals surface area contributed by atoms with Crippen LogP contribution >= 0.6 is 0 Å². The molecule has 7 nitrogen and oxygen atoms in total. The van der Waals surface area contributed by atoms with Crippen molar-refractivity contribution in [3.05, 3.63) is 47.8 Å². The molecular weight excluding hydrogens is 368 g/mol. The second-order valence-electron chi connectivity index (χ2n) is 7.34. The number of aromatic nitrogens is 1. The van der Waals surface area contributed by atoms with Gasteiger partial charge in [-0.15, -0.1) is 0 Å². The number of amides is 2. The van der Waals surface area contributed by atoms with E-state index in [9.17, 15) is 9.59 Å². The van der Waals surface area contributed by atoms with Crippen LogP contribution in [0.5, 0.6) is 11.5 Å². The molecule has 0 unspecified atom stereocenters. The molecule has 1 aliphatic rings. The van der Waals surface area contributed by atoms with Gasteiger partial charge >= 0.3 is 0 Å². The largest absolute Gasteiger partial charge is 0.455 e. The number of aryl methyl sites for hydroxylation is 1. The molecule has 2 heterocycles. The van der Waals surface area contributed by atoms with Gasteiger partial charge in [0.15, 0.2) is 5.75 Å². The fourth-order valence-corrected chi connectivity index (χ4v) is 3.39. The molecule has 2 amide bonds. The second kappa shape index (κ2) is 10.0. The zero-order chi connectivity index (χ0) is 20.6. The van der Waals surface area contributed by atoms with Crippen molar-refractivity contribution in [2.45, 2.75) is 32.6 Å². The highest BCUT2D eigenvalue weighted by Gasteiger charge is 2.16. The molecule has 1 saturated heterocycles. The van der Waals surface area contributed by atoms with E-state index in [1.807, 2.05) is 25.1 Å². The predicted molar refractivity (Wildman–Crippen MR) is 112 cm³/mol. The molecule has 3 N–H and O–H groups in total. The van der Waals surface area contributed by atoms with Gasteiger partial charge < -0.3 is 20.7 Å². The van der Waals surface area contributed by atoms with E-state index in [4.69, 9.17) is 4.74 Å². The summed E-state index contributed by atoms with van der Waals surface area (Å²) in [6, 6.07) is 8.88. The molecule has 0 spiro atoms. The molecule has 0 aliphatic carbocycles. The van der Waals surface area contributed by atoms with Crippen LogP contribution in [0.4, 0.5) is 5.69 Å². The van der Waals surface area contributed by atoms with Crippen molar-refractivity contribution >= 4 is 17.5 Å². The number of ether oxygens (including phenoxy) is 1. The van der Waals surface area contributed by atoms with Crippen LogP contribution in [0.25, 0.3) is 0 Å². The Kier molecular flexibility index (Phi) is 7.19. The highest BCUT2D eigenvalue weighted by atomic mass is 16.5. The highest BCUT2D eigenvalue weighted by molar-refractivity contribution is 5.93. The summed E-state index contributed by atoms with van der Waals surface area (Å²) in [4.78, 5) is 28.3. The number of pyridine rings is 1. The number of anilines is 1. The minimum atomic E-state index is -0.286. The smallest absolute Gasteiger partial charge is 0.269 e. The summed E-state index contributed by atoms with van der Waals surface area (Å²) in [6.07, 6.45) is 5.17. The molecule has 0 atom stereocenters. The van der Waals surface area contributed by atoms with E-state index in [-0.39, 0.29) is 17.5 Å². The standard InChI is InChI=1S/C22H28N4O3/c1-15-3-5-18(26-21(27)6-4-16-7-10-24-11-8-16)20(13-15)29-17-9-12-25-19(14-17)22(28)23-2/h3,5,9,12-14,16,24H,4,6-8,10-11H2,1-2H3,(H,23,28)(H,26,27). The first kappa shape index (κ1) is 20.8. The normalized spacial score (nSPS) is 14.3. The van der Waals surface area contributed by atoms with Crippen molar-refractivity contribution in [3.63, 3.8) is 0 Å². The molecule has 2 aromatic rings. The third-order valence-corrected chi connectivity index (χ3v) is 5.07. The van der Waals surface area contributed by atoms with Gasteiger partial charge in [0, 0.05) is 25.7 Å². The number of benzene rings is 1. The number of hydrogen-bond donors (Lipinski definition) is 3. The second-order valence-corrected chi connectivity index (χ2v) is 7.34. The maximum atomic E-state index is 12.5. The van der Waals surface area contributed by atoms with E-state index < -0.39 is 0 Å². The molecule has 1 fully saturated rings. The zero-order valence-corrected chi connectivity index (χ0v) is 17.0. The summed E-state index contributed by atoms with van der Waals surface area (Å²) < 4.78 is 5.98. The molecule has 1 aromatic heterocycles. The first-order valence-corrected chi connectivity index (χ1v) is 10.0. The van der Waals surface area contributed by atoms with E-state index in [0.717, 1.165) is 37.9 Å². The number of nitrogens with zero attached hydrogens (tertiary/aromatic N) is 1. The molecule has 1 aliphatic heterocycles. The Bertz CT molecular complexity index is 863. The Hall–Kier alpha value is -2.93. The number of carbonyl (C=O) groups excluding carboxylic acids is 2. The molecule has 7 heteroatoms. The Labute approximate surface area is 171 Å². The SMILES string of the molecule is CNC(=O)c1cc(Oc2cc(C)ccc2NC(=O)CCC2CCNCC2)ccn1. The summed E-state index contributed by atoms with van der Waals surface area (Å²) in [6.45, 7) is 4.02. The Morgan fingerprint density at radius 2 is 2.00 bits per heavy atom. The molecule has 0 bridgehead atoms. The summed E-state index contributed by atoms with van der Waals surface area (Å²) in [5, 5.41) is 8.86. The lowest BCUT2D eigenvalue weighted by Crippen LogP contribution is -2.28. The van der Waals surface area contributed by atoms with Crippen LogP contribution in [0.3, 0.4) is 0 Å². The topological polar surface area (TPSA) is 92.4 Å². The average molecular weight is 396 g/mol. The molecule has 29 heavy (non-hydrogen) atoms. The Morgan fingerprint density at radius 1 is 1.21 bits per heavy atom. The first-order chi connectivity index (χ1) is 14.0. The van der Waals surface area contributed by atoms with E-state index in [0.29, 0.717) is 29.5 Å². The molecule has 0 saturated carbocycles. The van der Waals surface area contributed by atoms with Crippen LogP contribution in [0.2, 0.25) is 0 Å². The van der Waals surface area contributed by atoms with E-state index >= 15 is 0 Å². The minimum absolute atomic E-state index is 0.0157. The van der Waals surface area contributed by atoms with Crippen LogP contribution in [0.15, 0.2) is 36.5 Å². The van der Waals surface area contributed by atoms with Gasteiger partial charge in [-0.3, -0.25) is 14.6 Å². The van der Waals surface area contributed by atoms with Crippen molar-refractivity contribution in [3.8, 4) is 11.5 Å². The van der Waals surface area contributed by atoms with Gasteiger partial charge in [0.25, 0.3) is 5.91 Å². The summed E-state index contributed by atoms with van der Waals surface area (Å²) in [5.41, 5.74) is 1.89. The maximum absolute atomic E-state index is 12.5. The summed E-state index contributed by atoms with van der Waals surface area (Å²) in [5.74, 6) is 1.32. The van der Waals surface area contributed by atoms with Gasteiger partial charge in [0.1, 0.15) is 11.4 Å². The van der Waals surface area contributed by atoms with E-state index in [1.54, 1.807) is 19.2 Å². The van der Waals surface area contributed by atoms with Crippen molar-refractivity contribution in [2.24, 2.45) is 5.92 Å². The van der Waals surface area contributed by atoms with Gasteiger partial charge in [-0.1, -0.05) is 6.07 Å². The lowest BCUT2D eigenvalue weighted by molar-refractivity contribution is -0.116. The Balaban J connectivity index is 1.67. The van der Waals surface area contributed by atoms with Gasteiger partial charge in [-0.25, -0.2) is 0 Å². The zero-order valence-electron chi connectivity index (χ0n) is 17.0. The third-order valence-electron chi connectivity index (χ3n) is 5.07. The lowest BCUT2D eigenvalue weighted by atomic mass is 9.93. The average Bonchev–Trinajstić information content (AvgIpc) is 2.74. The number of piperidine rings is 1. The number of hydrogen-bond acceptors (Lipinski definition) is 5. The first-order valence-electron chi connectivity index (χ1n) is 10.0. The van der Waals surface area contributed by atoms with Crippen LogP contribution in [0.1, 0.15) is 41.7 Å². The molecule has 1 aromatic carbocycles. The third kappa shape index (κ3) is 6.02. The maximum Gasteiger partial charge on any atom is 0.269 e. The lowest BCUT2D eigenvalue weighted by Gasteiger charge is -2.22. The predicted octanol–water partition coefficient (Wildman–Crippen LogP) is 3.26. The number of nitrogens with one attached hydrogen (secondary N) is 3.